The molecule has 2 aromatic rings. The van der Waals surface area contributed by atoms with Gasteiger partial charge in [-0.2, -0.15) is 17.5 Å². The van der Waals surface area contributed by atoms with Crippen molar-refractivity contribution in [2.75, 3.05) is 25.0 Å². The number of carbonyl (C=O) groups excluding carboxylic acids is 1. The van der Waals surface area contributed by atoms with Crippen LogP contribution in [0, 0.1) is 0 Å². The summed E-state index contributed by atoms with van der Waals surface area (Å²) in [6, 6.07) is 10.9. The van der Waals surface area contributed by atoms with E-state index in [0.29, 0.717) is 18.8 Å². The Morgan fingerprint density at radius 2 is 1.55 bits per heavy atom. The number of sulfonamides is 1. The fourth-order valence-electron chi connectivity index (χ4n) is 2.49. The van der Waals surface area contributed by atoms with Crippen molar-refractivity contribution >= 4 is 21.6 Å². The van der Waals surface area contributed by atoms with Gasteiger partial charge in [0.15, 0.2) is 6.61 Å². The molecule has 0 aliphatic heterocycles. The summed E-state index contributed by atoms with van der Waals surface area (Å²) in [7, 11) is -3.62. The van der Waals surface area contributed by atoms with Crippen LogP contribution in [0.4, 0.5) is 18.9 Å². The zero-order valence-electron chi connectivity index (χ0n) is 15.9. The second-order valence-electron chi connectivity index (χ2n) is 6.00. The third kappa shape index (κ3) is 6.20. The lowest BCUT2D eigenvalue weighted by atomic mass is 10.2. The highest BCUT2D eigenvalue weighted by atomic mass is 32.2. The largest absolute Gasteiger partial charge is 0.484 e. The molecule has 0 unspecified atom stereocenters. The molecule has 6 nitrogen and oxygen atoms in total. The molecule has 2 rings (SSSR count). The fourth-order valence-corrected chi connectivity index (χ4v) is 3.95. The first-order valence-corrected chi connectivity index (χ1v) is 10.2. The van der Waals surface area contributed by atoms with E-state index in [2.05, 4.69) is 10.1 Å². The highest BCUT2D eigenvalue weighted by Crippen LogP contribution is 2.21. The number of rotatable bonds is 8. The molecule has 0 radical (unpaired) electrons. The number of nitrogens with zero attached hydrogens (tertiary/aromatic N) is 1. The van der Waals surface area contributed by atoms with Crippen molar-refractivity contribution in [3.63, 3.8) is 0 Å². The minimum absolute atomic E-state index is 0.0197. The van der Waals surface area contributed by atoms with E-state index in [0.717, 1.165) is 0 Å². The van der Waals surface area contributed by atoms with Crippen LogP contribution in [0.5, 0.6) is 5.75 Å². The molecule has 29 heavy (non-hydrogen) atoms. The van der Waals surface area contributed by atoms with Gasteiger partial charge in [-0.05, 0) is 48.5 Å². The highest BCUT2D eigenvalue weighted by Gasteiger charge is 2.28. The minimum Gasteiger partial charge on any atom is -0.484 e. The molecule has 0 aliphatic rings. The highest BCUT2D eigenvalue weighted by molar-refractivity contribution is 7.89. The molecule has 0 aliphatic carbocycles. The average molecular weight is 430 g/mol. The third-order valence-electron chi connectivity index (χ3n) is 3.97. The zero-order chi connectivity index (χ0) is 21.7. The summed E-state index contributed by atoms with van der Waals surface area (Å²) in [5.74, 6) is -0.466. The summed E-state index contributed by atoms with van der Waals surface area (Å²) in [4.78, 5) is 12.4. The molecule has 1 N–H and O–H groups in total. The van der Waals surface area contributed by atoms with Crippen LogP contribution in [-0.4, -0.2) is 44.5 Å². The summed E-state index contributed by atoms with van der Waals surface area (Å²) in [6.07, 6.45) is -4.43. The first-order chi connectivity index (χ1) is 13.6. The lowest BCUT2D eigenvalue weighted by molar-refractivity contribution is -0.153. The topological polar surface area (TPSA) is 75.7 Å². The van der Waals surface area contributed by atoms with Gasteiger partial charge >= 0.3 is 6.18 Å². The van der Waals surface area contributed by atoms with Crippen molar-refractivity contribution in [1.82, 2.24) is 4.31 Å². The maximum atomic E-state index is 12.5. The Bertz CT molecular complexity index is 923. The SMILES string of the molecule is CCN(CC)S(=O)(=O)c1ccc(C(=O)Nc2ccc(OCC(F)(F)F)cc2)cc1. The molecule has 2 aromatic carbocycles. The number of anilines is 1. The van der Waals surface area contributed by atoms with Crippen molar-refractivity contribution in [2.45, 2.75) is 24.9 Å². The van der Waals surface area contributed by atoms with Crippen LogP contribution < -0.4 is 10.1 Å². The van der Waals surface area contributed by atoms with Crippen molar-refractivity contribution < 1.29 is 31.1 Å². The van der Waals surface area contributed by atoms with E-state index < -0.39 is 28.7 Å². The summed E-state index contributed by atoms with van der Waals surface area (Å²) in [5.41, 5.74) is 0.593. The van der Waals surface area contributed by atoms with E-state index >= 15 is 0 Å². The monoisotopic (exact) mass is 430 g/mol. The van der Waals surface area contributed by atoms with Gasteiger partial charge in [0.05, 0.1) is 4.90 Å². The number of halogens is 3. The second-order valence-corrected chi connectivity index (χ2v) is 7.93. The maximum absolute atomic E-state index is 12.5. The van der Waals surface area contributed by atoms with Gasteiger partial charge in [0, 0.05) is 24.3 Å². The predicted molar refractivity (Wildman–Crippen MR) is 102 cm³/mol. The van der Waals surface area contributed by atoms with E-state index in [1.807, 2.05) is 0 Å². The average Bonchev–Trinajstić information content (AvgIpc) is 2.67. The van der Waals surface area contributed by atoms with Gasteiger partial charge in [-0.15, -0.1) is 0 Å². The van der Waals surface area contributed by atoms with E-state index in [1.54, 1.807) is 13.8 Å². The summed E-state index contributed by atoms with van der Waals surface area (Å²) in [5, 5.41) is 2.58. The van der Waals surface area contributed by atoms with Crippen molar-refractivity contribution in [2.24, 2.45) is 0 Å². The molecule has 0 heterocycles. The van der Waals surface area contributed by atoms with Crippen LogP contribution in [-0.2, 0) is 10.0 Å². The second kappa shape index (κ2) is 9.27. The Hall–Kier alpha value is -2.59. The van der Waals surface area contributed by atoms with Gasteiger partial charge in [-0.25, -0.2) is 8.42 Å². The number of hydrogen-bond donors (Lipinski definition) is 1. The smallest absolute Gasteiger partial charge is 0.422 e. The maximum Gasteiger partial charge on any atom is 0.422 e. The number of benzene rings is 2. The Morgan fingerprint density at radius 1 is 1.00 bits per heavy atom. The zero-order valence-corrected chi connectivity index (χ0v) is 16.7. The number of carbonyl (C=O) groups is 1. The predicted octanol–water partition coefficient (Wildman–Crippen LogP) is 3.91. The van der Waals surface area contributed by atoms with Crippen molar-refractivity contribution in [3.8, 4) is 5.75 Å². The molecule has 0 saturated carbocycles. The molecule has 0 atom stereocenters. The molecule has 0 aromatic heterocycles. The number of amides is 1. The normalized spacial score (nSPS) is 12.1. The van der Waals surface area contributed by atoms with Gasteiger partial charge < -0.3 is 10.1 Å². The van der Waals surface area contributed by atoms with E-state index in [4.69, 9.17) is 0 Å². The first-order valence-electron chi connectivity index (χ1n) is 8.78. The summed E-state index contributed by atoms with van der Waals surface area (Å²) < 4.78 is 67.3. The van der Waals surface area contributed by atoms with E-state index in [9.17, 15) is 26.4 Å². The third-order valence-corrected chi connectivity index (χ3v) is 6.04. The first kappa shape index (κ1) is 22.7. The summed E-state index contributed by atoms with van der Waals surface area (Å²) in [6.45, 7) is 2.75. The molecule has 0 bridgehead atoms. The fraction of sp³-hybridized carbons (Fsp3) is 0.316. The van der Waals surface area contributed by atoms with Crippen molar-refractivity contribution in [3.05, 3.63) is 54.1 Å². The van der Waals surface area contributed by atoms with Gasteiger partial charge in [0.1, 0.15) is 5.75 Å². The quantitative estimate of drug-likeness (QED) is 0.689. The molecule has 10 heteroatoms. The molecule has 0 spiro atoms. The molecule has 0 saturated heterocycles. The van der Waals surface area contributed by atoms with Crippen LogP contribution >= 0.6 is 0 Å². The molecular formula is C19H21F3N2O4S. The van der Waals surface area contributed by atoms with Crippen molar-refractivity contribution in [1.29, 1.82) is 0 Å². The van der Waals surface area contributed by atoms with E-state index in [-0.39, 0.29) is 16.2 Å². The number of hydrogen-bond acceptors (Lipinski definition) is 4. The number of nitrogens with one attached hydrogen (secondary N) is 1. The van der Waals surface area contributed by atoms with Crippen LogP contribution in [0.1, 0.15) is 24.2 Å². The standard InChI is InChI=1S/C19H21F3N2O4S/c1-3-24(4-2)29(26,27)17-11-5-14(6-12-17)18(25)23-15-7-9-16(10-8-15)28-13-19(20,21)22/h5-12H,3-4,13H2,1-2H3,(H,23,25). The summed E-state index contributed by atoms with van der Waals surface area (Å²) >= 11 is 0. The van der Waals surface area contributed by atoms with Gasteiger partial charge in [-0.1, -0.05) is 13.8 Å². The van der Waals surface area contributed by atoms with Crippen LogP contribution in [0.2, 0.25) is 0 Å². The van der Waals surface area contributed by atoms with Crippen LogP contribution in [0.25, 0.3) is 0 Å². The molecular weight excluding hydrogens is 409 g/mol. The van der Waals surface area contributed by atoms with Gasteiger partial charge in [0.25, 0.3) is 5.91 Å². The Morgan fingerprint density at radius 3 is 2.03 bits per heavy atom. The van der Waals surface area contributed by atoms with Crippen LogP contribution in [0.15, 0.2) is 53.4 Å². The lowest BCUT2D eigenvalue weighted by Gasteiger charge is -2.18. The van der Waals surface area contributed by atoms with E-state index in [1.165, 1.54) is 52.8 Å². The number of alkyl halides is 3. The molecule has 158 valence electrons. The van der Waals surface area contributed by atoms with Crippen LogP contribution in [0.3, 0.4) is 0 Å². The number of ether oxygens (including phenoxy) is 1. The molecule has 0 fully saturated rings. The lowest BCUT2D eigenvalue weighted by Crippen LogP contribution is -2.30. The molecule has 1 amide bonds. The minimum atomic E-state index is -4.43. The Balaban J connectivity index is 2.04. The van der Waals surface area contributed by atoms with Gasteiger partial charge in [0.2, 0.25) is 10.0 Å². The Kier molecular flexibility index (Phi) is 7.26. The Labute approximate surface area is 167 Å². The van der Waals surface area contributed by atoms with Gasteiger partial charge in [-0.3, -0.25) is 4.79 Å².